The molecule has 0 radical (unpaired) electrons. The SMILES string of the molecule is CC(=O)[C@H](CCCCNC(=O)[C@@H](N)CCCCNC(=O)CC[C@H](CC(=O)CC[C@H](NC(=O)CC[C@H](NC(=O)CCCCCCCCCCCOc1ccc(C(=O)O)cc1)C(=O)O)C(=O)O)C(=O)O)CC(=O)[C@H](CCCCNC(=O)[C@@H](N)CCCCNC(=O)CC[C@H](NC(=O)CC[C@H](NC(=O)CC[C@H](CC(=O)CCCCCCCCCCCOc1ccc(C(=O)O)cc1)C(=O)O)C(=O)O)C(=O)O)CC(=O)C(C)(C)C.[HH].[HH]. The normalized spacial score (nSPS) is 13.3. The standard InChI is InChI=1S/C102H158N10O31.2H2/c1-67(113)70(31-21-25-59-107-92(124)78(103)34-23-27-57-105-86(118)52-41-72(96(130)131)64-75(115)43-48-80(98(134)135)110-90(122)55-50-82(100(138)139)109-88(120)36-20-16-12-8-6-10-14-18-30-62-143-77-46-39-69(40-47-77)95(128)129)65-84(116)71(66-85(117)102(2,3)4)32-22-26-60-108-93(125)79(104)35-24-28-58-106-87(119)54-49-81(99(136)137)112-91(123)56-51-83(101(140)141)111-89(121)53-42-73(97(132)133)63-74(114)33-19-15-11-7-5-9-13-17-29-61-142-76-44-37-68(38-45-76)94(126)127;;/h37-40,44-47,70-73,78-83H,5-36,41-43,48-66,103-104H2,1-4H3,(H,105,118)(H,106,119)(H,107,124)(H,108,125)(H,109,120)(H,110,122)(H,111,121)(H,112,123)(H,126,127)(H,128,129)(H,130,131)(H,132,133)(H,134,135)(H,136,137)(H,138,139)(H,140,141);2*1H/t70-,71-,72-,73-,78+,79+,80+,81+,82+,83+;;/m1../s1. The van der Waals surface area contributed by atoms with Crippen molar-refractivity contribution in [1.82, 2.24) is 42.5 Å². The van der Waals surface area contributed by atoms with Gasteiger partial charge in [-0.15, -0.1) is 0 Å². The summed E-state index contributed by atoms with van der Waals surface area (Å²) in [6, 6.07) is 4.50. The van der Waals surface area contributed by atoms with Crippen LogP contribution in [-0.2, 0) is 91.1 Å². The summed E-state index contributed by atoms with van der Waals surface area (Å²) in [7, 11) is 0. The second-order valence-electron chi connectivity index (χ2n) is 37.9. The Balaban J connectivity index is 0.000104. The first-order valence-corrected chi connectivity index (χ1v) is 50.5. The lowest BCUT2D eigenvalue weighted by molar-refractivity contribution is -0.145. The minimum absolute atomic E-state index is 0. The van der Waals surface area contributed by atoms with Crippen LogP contribution in [0.25, 0.3) is 0 Å². The van der Waals surface area contributed by atoms with Gasteiger partial charge in [0.2, 0.25) is 47.3 Å². The fourth-order valence-corrected chi connectivity index (χ4v) is 15.6. The Labute approximate surface area is 839 Å². The number of amides is 8. The molecule has 20 N–H and O–H groups in total. The van der Waals surface area contributed by atoms with E-state index in [0.29, 0.717) is 102 Å². The highest BCUT2D eigenvalue weighted by Gasteiger charge is 2.34. The van der Waals surface area contributed by atoms with Gasteiger partial charge in [0.15, 0.2) is 0 Å². The largest absolute Gasteiger partial charge is 0.494 e. The summed E-state index contributed by atoms with van der Waals surface area (Å²) >= 11 is 0. The number of carboxylic acid groups (broad SMARTS) is 8. The maximum absolute atomic E-state index is 13.9. The quantitative estimate of drug-likeness (QED) is 0.0274. The number of Topliss-reactive ketones (excluding diaryl/α,β-unsaturated/α-hetero) is 5. The molecule has 0 aliphatic rings. The molecule has 0 saturated heterocycles. The number of aromatic carboxylic acids is 2. The van der Waals surface area contributed by atoms with Gasteiger partial charge in [0.25, 0.3) is 0 Å². The van der Waals surface area contributed by atoms with E-state index in [4.69, 9.17) is 31.2 Å². The van der Waals surface area contributed by atoms with Crippen molar-refractivity contribution in [1.29, 1.82) is 0 Å². The average molecular weight is 2020 g/mol. The highest BCUT2D eigenvalue weighted by Crippen LogP contribution is 2.29. The summed E-state index contributed by atoms with van der Waals surface area (Å²) in [5.41, 5.74) is 12.0. The first-order valence-electron chi connectivity index (χ1n) is 50.5. The summed E-state index contributed by atoms with van der Waals surface area (Å²) in [6.45, 7) is 8.41. The van der Waals surface area contributed by atoms with Crippen LogP contribution in [0.2, 0.25) is 0 Å². The fraction of sp³-hybridized carbons (Fsp3) is 0.676. The Kier molecular flexibility index (Phi) is 65.5. The van der Waals surface area contributed by atoms with Crippen molar-refractivity contribution < 1.29 is 154 Å². The van der Waals surface area contributed by atoms with Crippen molar-refractivity contribution in [3.8, 4) is 11.5 Å². The molecule has 806 valence electrons. The highest BCUT2D eigenvalue weighted by molar-refractivity contribution is 5.94. The van der Waals surface area contributed by atoms with Gasteiger partial charge in [0, 0.05) is 123 Å². The number of nitrogens with two attached hydrogens (primary N) is 2. The van der Waals surface area contributed by atoms with Crippen LogP contribution in [-0.4, -0.2) is 240 Å². The zero-order valence-electron chi connectivity index (χ0n) is 83.7. The molecule has 8 amide bonds. The van der Waals surface area contributed by atoms with Crippen molar-refractivity contribution in [2.24, 2.45) is 40.6 Å². The molecule has 143 heavy (non-hydrogen) atoms. The van der Waals surface area contributed by atoms with Crippen molar-refractivity contribution >= 4 is 124 Å². The second-order valence-corrected chi connectivity index (χ2v) is 37.9. The van der Waals surface area contributed by atoms with Gasteiger partial charge in [-0.05, 0) is 184 Å². The maximum atomic E-state index is 13.9. The molecule has 0 aliphatic heterocycles. The van der Waals surface area contributed by atoms with Crippen molar-refractivity contribution in [3.63, 3.8) is 0 Å². The van der Waals surface area contributed by atoms with Gasteiger partial charge in [-0.2, -0.15) is 0 Å². The van der Waals surface area contributed by atoms with E-state index in [0.717, 1.165) is 103 Å². The Hall–Kier alpha value is -12.2. The summed E-state index contributed by atoms with van der Waals surface area (Å²) < 4.78 is 11.3. The van der Waals surface area contributed by atoms with E-state index in [1.54, 1.807) is 45.0 Å². The molecule has 41 heteroatoms. The Bertz CT molecular complexity index is 4360. The topological polar surface area (TPSA) is 687 Å². The number of benzene rings is 2. The molecule has 0 fully saturated rings. The van der Waals surface area contributed by atoms with E-state index in [2.05, 4.69) is 42.5 Å². The van der Waals surface area contributed by atoms with Crippen LogP contribution in [0.3, 0.4) is 0 Å². The number of ketones is 5. The second kappa shape index (κ2) is 73.8. The third-order valence-corrected chi connectivity index (χ3v) is 24.7. The third kappa shape index (κ3) is 61.4. The van der Waals surface area contributed by atoms with E-state index in [-0.39, 0.29) is 147 Å². The Morgan fingerprint density at radius 3 is 0.930 bits per heavy atom. The lowest BCUT2D eigenvalue weighted by Gasteiger charge is -2.23. The van der Waals surface area contributed by atoms with E-state index in [9.17, 15) is 131 Å². The summed E-state index contributed by atoms with van der Waals surface area (Å²) in [5, 5.41) is 96.8. The van der Waals surface area contributed by atoms with Gasteiger partial charge in [0.1, 0.15) is 64.6 Å². The van der Waals surface area contributed by atoms with Gasteiger partial charge in [-0.1, -0.05) is 124 Å². The van der Waals surface area contributed by atoms with Crippen molar-refractivity contribution in [2.45, 2.75) is 372 Å². The molecule has 10 atom stereocenters. The zero-order chi connectivity index (χ0) is 107. The lowest BCUT2D eigenvalue weighted by Crippen LogP contribution is -2.44. The number of nitrogens with one attached hydrogen (secondary N) is 8. The number of unbranched alkanes of at least 4 members (excludes halogenated alkanes) is 20. The molecule has 0 heterocycles. The summed E-state index contributed by atoms with van der Waals surface area (Å²) in [6.07, 6.45) is 15.5. The van der Waals surface area contributed by atoms with Gasteiger partial charge < -0.3 is 104 Å². The van der Waals surface area contributed by atoms with E-state index >= 15 is 0 Å². The van der Waals surface area contributed by atoms with Gasteiger partial charge >= 0.3 is 47.8 Å². The van der Waals surface area contributed by atoms with Crippen molar-refractivity contribution in [3.05, 3.63) is 59.7 Å². The van der Waals surface area contributed by atoms with Crippen LogP contribution in [0, 0.1) is 29.1 Å². The number of hydrogen-bond donors (Lipinski definition) is 18. The number of carbonyl (C=O) groups excluding carboxylic acids is 13. The van der Waals surface area contributed by atoms with Crippen LogP contribution in [0.1, 0.15) is 359 Å². The molecule has 0 spiro atoms. The molecule has 0 aliphatic carbocycles. The van der Waals surface area contributed by atoms with Crippen LogP contribution in [0.4, 0.5) is 0 Å². The molecule has 0 unspecified atom stereocenters. The van der Waals surface area contributed by atoms with E-state index in [1.165, 1.54) is 31.2 Å². The molecule has 2 rings (SSSR count). The number of ether oxygens (including phenoxy) is 2. The number of hydrogen-bond acceptors (Lipinski definition) is 25. The highest BCUT2D eigenvalue weighted by atomic mass is 16.5. The zero-order valence-corrected chi connectivity index (χ0v) is 83.7. The number of rotatable bonds is 88. The molecule has 41 nitrogen and oxygen atoms in total. The lowest BCUT2D eigenvalue weighted by atomic mass is 9.79. The fourth-order valence-electron chi connectivity index (χ4n) is 15.6. The number of aliphatic carboxylic acids is 6. The maximum Gasteiger partial charge on any atom is 0.335 e. The van der Waals surface area contributed by atoms with Crippen LogP contribution in [0.5, 0.6) is 11.5 Å². The van der Waals surface area contributed by atoms with Crippen LogP contribution in [0.15, 0.2) is 48.5 Å². The van der Waals surface area contributed by atoms with Gasteiger partial charge in [-0.25, -0.2) is 28.8 Å². The Morgan fingerprint density at radius 2 is 0.587 bits per heavy atom. The Morgan fingerprint density at radius 1 is 0.294 bits per heavy atom. The smallest absolute Gasteiger partial charge is 0.335 e. The van der Waals surface area contributed by atoms with E-state index < -0.39 is 211 Å². The monoisotopic (exact) mass is 2020 g/mol. The van der Waals surface area contributed by atoms with Crippen molar-refractivity contribution in [2.75, 3.05) is 39.4 Å². The minimum Gasteiger partial charge on any atom is -0.494 e. The molecule has 0 aromatic heterocycles. The number of carboxylic acids is 8. The predicted molar refractivity (Wildman–Crippen MR) is 529 cm³/mol. The van der Waals surface area contributed by atoms with Gasteiger partial charge in [0.05, 0.1) is 48.3 Å². The molecule has 2 aromatic rings. The molecule has 0 saturated carbocycles. The third-order valence-electron chi connectivity index (χ3n) is 24.7. The molecular weight excluding hydrogens is 1860 g/mol. The predicted octanol–water partition coefficient (Wildman–Crippen LogP) is 10.7. The average Bonchev–Trinajstić information content (AvgIpc) is 0.861. The van der Waals surface area contributed by atoms with E-state index in [1.807, 2.05) is 0 Å². The first-order chi connectivity index (χ1) is 67.9. The summed E-state index contributed by atoms with van der Waals surface area (Å²) in [5.74, 6) is -19.6. The van der Waals surface area contributed by atoms with Crippen LogP contribution >= 0.6 is 0 Å². The van der Waals surface area contributed by atoms with Gasteiger partial charge in [-0.3, -0.25) is 71.9 Å². The molecule has 0 bridgehead atoms. The molecular formula is C102H162N10O31. The summed E-state index contributed by atoms with van der Waals surface area (Å²) in [4.78, 5) is 262. The van der Waals surface area contributed by atoms with Crippen LogP contribution < -0.4 is 63.5 Å². The first kappa shape index (κ1) is 127. The number of carbonyl (C=O) groups is 21. The minimum atomic E-state index is -1.60. The molecule has 2 aromatic carbocycles.